The summed E-state index contributed by atoms with van der Waals surface area (Å²) < 4.78 is 19.5. The molecular weight excluding hydrogens is 373 g/mol. The third-order valence-electron chi connectivity index (χ3n) is 5.73. The summed E-state index contributed by atoms with van der Waals surface area (Å²) in [6.45, 7) is 6.19. The van der Waals surface area contributed by atoms with Gasteiger partial charge in [-0.05, 0) is 85.0 Å². The molecule has 3 aromatic carbocycles. The minimum absolute atomic E-state index is 0.225. The van der Waals surface area contributed by atoms with E-state index in [1.807, 2.05) is 42.5 Å². The molecule has 0 radical (unpaired) electrons. The second-order valence-electron chi connectivity index (χ2n) is 7.79. The normalized spacial score (nSPS) is 15.1. The number of likely N-dealkylation sites (tertiary alicyclic amines) is 1. The van der Waals surface area contributed by atoms with Crippen LogP contribution in [-0.4, -0.2) is 31.1 Å². The van der Waals surface area contributed by atoms with E-state index in [2.05, 4.69) is 36.1 Å². The van der Waals surface area contributed by atoms with E-state index < -0.39 is 0 Å². The molecule has 0 unspecified atom stereocenters. The lowest BCUT2D eigenvalue weighted by Crippen LogP contribution is -2.25. The lowest BCUT2D eigenvalue weighted by atomic mass is 9.90. The van der Waals surface area contributed by atoms with Crippen molar-refractivity contribution in [2.75, 3.05) is 26.2 Å². The van der Waals surface area contributed by atoms with Crippen LogP contribution in [0.5, 0.6) is 5.75 Å². The molecule has 4 rings (SSSR count). The highest BCUT2D eigenvalue weighted by molar-refractivity contribution is 5.97. The van der Waals surface area contributed by atoms with Crippen LogP contribution < -0.4 is 4.74 Å². The van der Waals surface area contributed by atoms with Gasteiger partial charge in [-0.1, -0.05) is 54.6 Å². The summed E-state index contributed by atoms with van der Waals surface area (Å²) in [4.78, 5) is 2.45. The number of ether oxygens (including phenoxy) is 1. The van der Waals surface area contributed by atoms with Gasteiger partial charge < -0.3 is 4.74 Å². The standard InChI is InChI=1S/C27H28FNO/c1-21(22-7-3-2-4-8-22)27(23-9-13-25(28)14-10-23)24-11-15-26(16-12-24)30-20-19-29-17-5-6-18-29/h2-4,7-16H,5-6,17-20H2,1H3/b27-21+. The van der Waals surface area contributed by atoms with Gasteiger partial charge in [0, 0.05) is 6.54 Å². The smallest absolute Gasteiger partial charge is 0.123 e. The molecule has 0 amide bonds. The molecule has 0 spiro atoms. The molecule has 0 aliphatic carbocycles. The third kappa shape index (κ3) is 4.98. The van der Waals surface area contributed by atoms with Crippen molar-refractivity contribution in [1.82, 2.24) is 4.90 Å². The first-order valence-corrected chi connectivity index (χ1v) is 10.7. The van der Waals surface area contributed by atoms with Crippen molar-refractivity contribution in [3.05, 3.63) is 101 Å². The van der Waals surface area contributed by atoms with Crippen LogP contribution in [-0.2, 0) is 0 Å². The molecule has 0 N–H and O–H groups in total. The minimum atomic E-state index is -0.225. The van der Waals surface area contributed by atoms with Gasteiger partial charge >= 0.3 is 0 Å². The predicted molar refractivity (Wildman–Crippen MR) is 122 cm³/mol. The zero-order chi connectivity index (χ0) is 20.8. The Balaban J connectivity index is 1.58. The highest BCUT2D eigenvalue weighted by atomic mass is 19.1. The topological polar surface area (TPSA) is 12.5 Å². The molecule has 0 saturated carbocycles. The first kappa shape index (κ1) is 20.4. The molecule has 154 valence electrons. The summed E-state index contributed by atoms with van der Waals surface area (Å²) >= 11 is 0. The molecule has 0 aromatic heterocycles. The summed E-state index contributed by atoms with van der Waals surface area (Å²) in [5.74, 6) is 0.658. The fourth-order valence-corrected chi connectivity index (χ4v) is 4.07. The predicted octanol–water partition coefficient (Wildman–Crippen LogP) is 6.28. The molecule has 1 aliphatic rings. The highest BCUT2D eigenvalue weighted by Crippen LogP contribution is 2.33. The zero-order valence-corrected chi connectivity index (χ0v) is 17.5. The van der Waals surface area contributed by atoms with Crippen LogP contribution in [0.3, 0.4) is 0 Å². The Bertz CT molecular complexity index is 972. The third-order valence-corrected chi connectivity index (χ3v) is 5.73. The van der Waals surface area contributed by atoms with Crippen molar-refractivity contribution < 1.29 is 9.13 Å². The second-order valence-corrected chi connectivity index (χ2v) is 7.79. The van der Waals surface area contributed by atoms with Crippen LogP contribution in [0.2, 0.25) is 0 Å². The fraction of sp³-hybridized carbons (Fsp3) is 0.259. The Labute approximate surface area is 178 Å². The van der Waals surface area contributed by atoms with Crippen molar-refractivity contribution in [3.8, 4) is 5.75 Å². The number of halogens is 1. The second kappa shape index (κ2) is 9.73. The molecule has 1 fully saturated rings. The number of rotatable bonds is 7. The number of allylic oxidation sites excluding steroid dienone is 1. The lowest BCUT2D eigenvalue weighted by molar-refractivity contribution is 0.238. The van der Waals surface area contributed by atoms with Crippen molar-refractivity contribution in [2.45, 2.75) is 19.8 Å². The van der Waals surface area contributed by atoms with Crippen LogP contribution in [0, 0.1) is 5.82 Å². The Morgan fingerprint density at radius 3 is 2.03 bits per heavy atom. The maximum atomic E-state index is 13.5. The zero-order valence-electron chi connectivity index (χ0n) is 17.5. The van der Waals surface area contributed by atoms with Crippen molar-refractivity contribution in [2.24, 2.45) is 0 Å². The molecule has 0 bridgehead atoms. The van der Waals surface area contributed by atoms with Gasteiger partial charge in [-0.2, -0.15) is 0 Å². The van der Waals surface area contributed by atoms with Gasteiger partial charge in [0.25, 0.3) is 0 Å². The van der Waals surface area contributed by atoms with Crippen LogP contribution in [0.1, 0.15) is 36.5 Å². The number of nitrogens with zero attached hydrogens (tertiary/aromatic N) is 1. The summed E-state index contributed by atoms with van der Waals surface area (Å²) in [7, 11) is 0. The van der Waals surface area contributed by atoms with Crippen LogP contribution >= 0.6 is 0 Å². The van der Waals surface area contributed by atoms with Crippen LogP contribution in [0.25, 0.3) is 11.1 Å². The van der Waals surface area contributed by atoms with Crippen molar-refractivity contribution in [1.29, 1.82) is 0 Å². The molecule has 1 heterocycles. The van der Waals surface area contributed by atoms with Gasteiger partial charge in [-0.3, -0.25) is 4.90 Å². The lowest BCUT2D eigenvalue weighted by Gasteiger charge is -2.16. The largest absolute Gasteiger partial charge is 0.492 e. The van der Waals surface area contributed by atoms with Gasteiger partial charge in [-0.15, -0.1) is 0 Å². The van der Waals surface area contributed by atoms with Gasteiger partial charge in [0.15, 0.2) is 0 Å². The number of benzene rings is 3. The molecule has 1 saturated heterocycles. The van der Waals surface area contributed by atoms with E-state index >= 15 is 0 Å². The summed E-state index contributed by atoms with van der Waals surface area (Å²) in [6, 6.07) is 25.3. The number of hydrogen-bond donors (Lipinski definition) is 0. The van der Waals surface area contributed by atoms with Gasteiger partial charge in [0.2, 0.25) is 0 Å². The molecular formula is C27H28FNO. The molecule has 1 aliphatic heterocycles. The van der Waals surface area contributed by atoms with E-state index in [0.29, 0.717) is 6.61 Å². The van der Waals surface area contributed by atoms with Crippen molar-refractivity contribution in [3.63, 3.8) is 0 Å². The summed E-state index contributed by atoms with van der Waals surface area (Å²) in [5, 5.41) is 0. The maximum absolute atomic E-state index is 13.5. The van der Waals surface area contributed by atoms with Crippen LogP contribution in [0.15, 0.2) is 78.9 Å². The van der Waals surface area contributed by atoms with E-state index in [1.54, 1.807) is 0 Å². The van der Waals surface area contributed by atoms with Gasteiger partial charge in [0.05, 0.1) is 0 Å². The molecule has 3 aromatic rings. The van der Waals surface area contributed by atoms with E-state index in [1.165, 1.54) is 38.1 Å². The van der Waals surface area contributed by atoms with Gasteiger partial charge in [0.1, 0.15) is 18.2 Å². The summed E-state index contributed by atoms with van der Waals surface area (Å²) in [5.41, 5.74) is 5.51. The maximum Gasteiger partial charge on any atom is 0.123 e. The average molecular weight is 402 g/mol. The Kier molecular flexibility index (Phi) is 6.60. The molecule has 30 heavy (non-hydrogen) atoms. The first-order chi connectivity index (χ1) is 14.7. The van der Waals surface area contributed by atoms with E-state index in [-0.39, 0.29) is 5.82 Å². The molecule has 0 atom stereocenters. The minimum Gasteiger partial charge on any atom is -0.492 e. The quantitative estimate of drug-likeness (QED) is 0.432. The number of hydrogen-bond acceptors (Lipinski definition) is 2. The highest BCUT2D eigenvalue weighted by Gasteiger charge is 2.13. The Hall–Kier alpha value is -2.91. The van der Waals surface area contributed by atoms with Gasteiger partial charge in [-0.25, -0.2) is 4.39 Å². The fourth-order valence-electron chi connectivity index (χ4n) is 4.07. The average Bonchev–Trinajstić information content (AvgIpc) is 3.30. The van der Waals surface area contributed by atoms with E-state index in [4.69, 9.17) is 4.74 Å². The molecule has 2 nitrogen and oxygen atoms in total. The molecule has 3 heteroatoms. The monoisotopic (exact) mass is 401 g/mol. The van der Waals surface area contributed by atoms with Crippen LogP contribution in [0.4, 0.5) is 4.39 Å². The van der Waals surface area contributed by atoms with E-state index in [0.717, 1.165) is 40.1 Å². The van der Waals surface area contributed by atoms with E-state index in [9.17, 15) is 4.39 Å². The Morgan fingerprint density at radius 2 is 1.40 bits per heavy atom. The Morgan fingerprint density at radius 1 is 0.800 bits per heavy atom. The summed E-state index contributed by atoms with van der Waals surface area (Å²) in [6.07, 6.45) is 2.60. The first-order valence-electron chi connectivity index (χ1n) is 10.7. The SMILES string of the molecule is C/C(=C(/c1ccc(F)cc1)c1ccc(OCCN2CCCC2)cc1)c1ccccc1. The van der Waals surface area contributed by atoms with Crippen molar-refractivity contribution >= 4 is 11.1 Å².